The maximum atomic E-state index is 14.8. The number of nitrogens with two attached hydrogens (primary N) is 1. The fourth-order valence-corrected chi connectivity index (χ4v) is 3.83. The Morgan fingerprint density at radius 1 is 1.31 bits per heavy atom. The lowest BCUT2D eigenvalue weighted by molar-refractivity contribution is -0.137. The number of rotatable bonds is 4. The highest BCUT2D eigenvalue weighted by atomic mass is 19.4. The molecule has 0 saturated carbocycles. The van der Waals surface area contributed by atoms with Crippen molar-refractivity contribution in [1.29, 1.82) is 0 Å². The first-order chi connectivity index (χ1) is 15.1. The van der Waals surface area contributed by atoms with Crippen molar-refractivity contribution in [3.05, 3.63) is 64.2 Å². The van der Waals surface area contributed by atoms with E-state index in [2.05, 4.69) is 9.97 Å². The van der Waals surface area contributed by atoms with Gasteiger partial charge in [-0.2, -0.15) is 13.2 Å². The second-order valence-electron chi connectivity index (χ2n) is 7.55. The monoisotopic (exact) mass is 448 g/mol. The Hall–Kier alpha value is -3.27. The lowest BCUT2D eigenvalue weighted by Gasteiger charge is -2.21. The Balaban J connectivity index is 1.67. The second kappa shape index (κ2) is 8.01. The van der Waals surface area contributed by atoms with E-state index in [1.54, 1.807) is 6.92 Å². The number of nitrogen functional groups attached to an aromatic ring is 1. The molecule has 1 aromatic carbocycles. The maximum absolute atomic E-state index is 14.8. The molecule has 168 valence electrons. The smallest absolute Gasteiger partial charge is 0.383 e. The molecule has 32 heavy (non-hydrogen) atoms. The van der Waals surface area contributed by atoms with Crippen LogP contribution in [0.5, 0.6) is 0 Å². The van der Waals surface area contributed by atoms with E-state index in [9.17, 15) is 22.4 Å². The standard InChI is InChI=1S/C22H20F4N4O2/c1-3-30(9-13-5-4-12(8-28-13)22(24,25)26)21(31)15-6-14-16-10-32-11(2)19(16)20(27)29-18(14)7-17(15)23/h4-8,11H,3,9-10H2,1-2H3,(H2,27,29)/t11-/m0/s1. The summed E-state index contributed by atoms with van der Waals surface area (Å²) in [5.74, 6) is -1.11. The zero-order valence-corrected chi connectivity index (χ0v) is 17.3. The number of aromatic nitrogens is 2. The van der Waals surface area contributed by atoms with Crippen LogP contribution in [0.3, 0.4) is 0 Å². The minimum Gasteiger partial charge on any atom is -0.383 e. The van der Waals surface area contributed by atoms with Gasteiger partial charge in [-0.05, 0) is 37.6 Å². The Kier molecular flexibility index (Phi) is 5.49. The van der Waals surface area contributed by atoms with Crippen LogP contribution in [0.1, 0.15) is 52.7 Å². The topological polar surface area (TPSA) is 81.3 Å². The highest BCUT2D eigenvalue weighted by molar-refractivity contribution is 5.99. The first-order valence-corrected chi connectivity index (χ1v) is 9.94. The van der Waals surface area contributed by atoms with Crippen molar-refractivity contribution in [2.75, 3.05) is 12.3 Å². The molecule has 0 bridgehead atoms. The molecule has 0 spiro atoms. The van der Waals surface area contributed by atoms with Crippen LogP contribution in [0.2, 0.25) is 0 Å². The number of ether oxygens (including phenoxy) is 1. The molecule has 4 rings (SSSR count). The van der Waals surface area contributed by atoms with Crippen LogP contribution < -0.4 is 5.73 Å². The molecule has 0 radical (unpaired) electrons. The molecule has 2 aromatic heterocycles. The molecule has 10 heteroatoms. The minimum absolute atomic E-state index is 0.0663. The predicted octanol–water partition coefficient (Wildman–Crippen LogP) is 4.62. The van der Waals surface area contributed by atoms with Gasteiger partial charge in [0, 0.05) is 29.8 Å². The van der Waals surface area contributed by atoms with E-state index in [1.165, 1.54) is 17.0 Å². The summed E-state index contributed by atoms with van der Waals surface area (Å²) >= 11 is 0. The molecular formula is C22H20F4N4O2. The number of halogens is 4. The maximum Gasteiger partial charge on any atom is 0.417 e. The summed E-state index contributed by atoms with van der Waals surface area (Å²) in [7, 11) is 0. The summed E-state index contributed by atoms with van der Waals surface area (Å²) in [6, 6.07) is 4.69. The van der Waals surface area contributed by atoms with Crippen molar-refractivity contribution in [1.82, 2.24) is 14.9 Å². The van der Waals surface area contributed by atoms with Crippen LogP contribution >= 0.6 is 0 Å². The van der Waals surface area contributed by atoms with Crippen LogP contribution in [0.15, 0.2) is 30.5 Å². The number of alkyl halides is 3. The Morgan fingerprint density at radius 2 is 2.06 bits per heavy atom. The van der Waals surface area contributed by atoms with Crippen molar-refractivity contribution >= 4 is 22.6 Å². The van der Waals surface area contributed by atoms with E-state index in [4.69, 9.17) is 10.5 Å². The van der Waals surface area contributed by atoms with E-state index < -0.39 is 23.5 Å². The highest BCUT2D eigenvalue weighted by Gasteiger charge is 2.31. The van der Waals surface area contributed by atoms with Crippen LogP contribution in [-0.4, -0.2) is 27.3 Å². The number of benzene rings is 1. The minimum atomic E-state index is -4.50. The first kappa shape index (κ1) is 21.9. The third kappa shape index (κ3) is 3.86. The number of anilines is 1. The molecule has 0 saturated heterocycles. The number of carbonyl (C=O) groups excluding carboxylic acids is 1. The molecule has 0 unspecified atom stereocenters. The van der Waals surface area contributed by atoms with E-state index in [-0.39, 0.29) is 42.9 Å². The summed E-state index contributed by atoms with van der Waals surface area (Å²) in [6.07, 6.45) is -4.05. The van der Waals surface area contributed by atoms with Gasteiger partial charge in [0.15, 0.2) is 0 Å². The van der Waals surface area contributed by atoms with E-state index >= 15 is 0 Å². The van der Waals surface area contributed by atoms with Crippen molar-refractivity contribution in [2.24, 2.45) is 0 Å². The van der Waals surface area contributed by atoms with Gasteiger partial charge in [0.25, 0.3) is 5.91 Å². The van der Waals surface area contributed by atoms with Gasteiger partial charge in [0.05, 0.1) is 41.6 Å². The van der Waals surface area contributed by atoms with E-state index in [0.29, 0.717) is 17.1 Å². The number of amides is 1. The number of hydrogen-bond donors (Lipinski definition) is 1. The SMILES string of the molecule is CCN(Cc1ccc(C(F)(F)F)cn1)C(=O)c1cc2c3c(c(N)nc2cc1F)[C@H](C)OC3. The Labute approximate surface area is 181 Å². The molecule has 2 N–H and O–H groups in total. The highest BCUT2D eigenvalue weighted by Crippen LogP contribution is 2.38. The quantitative estimate of drug-likeness (QED) is 0.589. The molecule has 1 aliphatic rings. The molecule has 0 aliphatic carbocycles. The average molecular weight is 448 g/mol. The van der Waals surface area contributed by atoms with Crippen molar-refractivity contribution in [2.45, 2.75) is 39.3 Å². The average Bonchev–Trinajstić information content (AvgIpc) is 3.13. The third-order valence-corrected chi connectivity index (χ3v) is 5.54. The number of carbonyl (C=O) groups is 1. The summed E-state index contributed by atoms with van der Waals surface area (Å²) in [6.45, 7) is 3.93. The molecular weight excluding hydrogens is 428 g/mol. The number of fused-ring (bicyclic) bond motifs is 3. The van der Waals surface area contributed by atoms with Gasteiger partial charge in [-0.25, -0.2) is 9.37 Å². The molecule has 3 heterocycles. The first-order valence-electron chi connectivity index (χ1n) is 9.94. The van der Waals surface area contributed by atoms with Crippen LogP contribution in [0, 0.1) is 5.82 Å². The largest absolute Gasteiger partial charge is 0.417 e. The fraction of sp³-hybridized carbons (Fsp3) is 0.318. The van der Waals surface area contributed by atoms with Crippen LogP contribution in [-0.2, 0) is 24.1 Å². The fourth-order valence-electron chi connectivity index (χ4n) is 3.83. The molecule has 0 fully saturated rings. The third-order valence-electron chi connectivity index (χ3n) is 5.54. The van der Waals surface area contributed by atoms with E-state index in [1.807, 2.05) is 6.92 Å². The molecule has 1 atom stereocenters. The summed E-state index contributed by atoms with van der Waals surface area (Å²) in [4.78, 5) is 22.5. The molecule has 6 nitrogen and oxygen atoms in total. The normalized spacial score (nSPS) is 15.8. The lowest BCUT2D eigenvalue weighted by Crippen LogP contribution is -2.31. The van der Waals surface area contributed by atoms with Crippen molar-refractivity contribution in [3.8, 4) is 0 Å². The predicted molar refractivity (Wildman–Crippen MR) is 109 cm³/mol. The number of nitrogens with zero attached hydrogens (tertiary/aromatic N) is 3. The van der Waals surface area contributed by atoms with Crippen molar-refractivity contribution in [3.63, 3.8) is 0 Å². The van der Waals surface area contributed by atoms with Crippen LogP contribution in [0.25, 0.3) is 10.9 Å². The second-order valence-corrected chi connectivity index (χ2v) is 7.55. The van der Waals surface area contributed by atoms with Crippen molar-refractivity contribution < 1.29 is 27.1 Å². The Bertz CT molecular complexity index is 1200. The van der Waals surface area contributed by atoms with Crippen LogP contribution in [0.4, 0.5) is 23.4 Å². The zero-order chi connectivity index (χ0) is 23.2. The lowest BCUT2D eigenvalue weighted by atomic mass is 9.99. The summed E-state index contributed by atoms with van der Waals surface area (Å²) in [5.41, 5.74) is 7.02. The summed E-state index contributed by atoms with van der Waals surface area (Å²) < 4.78 is 58.7. The van der Waals surface area contributed by atoms with Gasteiger partial charge in [0.2, 0.25) is 0 Å². The number of hydrogen-bond acceptors (Lipinski definition) is 5. The van der Waals surface area contributed by atoms with E-state index in [0.717, 1.165) is 23.3 Å². The Morgan fingerprint density at radius 3 is 2.69 bits per heavy atom. The van der Waals surface area contributed by atoms with Gasteiger partial charge in [-0.1, -0.05) is 0 Å². The molecule has 1 aliphatic heterocycles. The van der Waals surface area contributed by atoms with Gasteiger partial charge in [-0.3, -0.25) is 9.78 Å². The molecule has 3 aromatic rings. The van der Waals surface area contributed by atoms with Gasteiger partial charge in [0.1, 0.15) is 11.6 Å². The summed E-state index contributed by atoms with van der Waals surface area (Å²) in [5, 5.41) is 0.576. The van der Waals surface area contributed by atoms with Gasteiger partial charge >= 0.3 is 6.18 Å². The zero-order valence-electron chi connectivity index (χ0n) is 17.3. The number of pyridine rings is 2. The molecule has 1 amide bonds. The van der Waals surface area contributed by atoms with Gasteiger partial charge in [-0.15, -0.1) is 0 Å². The van der Waals surface area contributed by atoms with Gasteiger partial charge < -0.3 is 15.4 Å².